The Hall–Kier alpha value is -1.67. The molecule has 0 amide bonds. The predicted molar refractivity (Wildman–Crippen MR) is 74.5 cm³/mol. The third-order valence-corrected chi connectivity index (χ3v) is 2.79. The zero-order valence-electron chi connectivity index (χ0n) is 14.1. The van der Waals surface area contributed by atoms with Crippen LogP contribution in [0.25, 0.3) is 0 Å². The normalized spacial score (nSPS) is 13.2. The van der Waals surface area contributed by atoms with Crippen LogP contribution in [0.2, 0.25) is 0 Å². The van der Waals surface area contributed by atoms with Gasteiger partial charge < -0.3 is 14.2 Å². The molecular formula is C14H24O8. The molecule has 0 heterocycles. The second kappa shape index (κ2) is 8.09. The molecule has 22 heavy (non-hydrogen) atoms. The molecule has 0 rings (SSSR count). The first-order chi connectivity index (χ1) is 10.1. The van der Waals surface area contributed by atoms with Crippen LogP contribution >= 0.6 is 0 Å². The van der Waals surface area contributed by atoms with E-state index < -0.39 is 35.0 Å². The fourth-order valence-electron chi connectivity index (χ4n) is 1.75. The van der Waals surface area contributed by atoms with Crippen molar-refractivity contribution < 1.29 is 38.4 Å². The summed E-state index contributed by atoms with van der Waals surface area (Å²) in [5.41, 5.74) is -3.25. The molecule has 0 N–H and O–H groups in total. The van der Waals surface area contributed by atoms with Crippen molar-refractivity contribution in [2.75, 3.05) is 21.3 Å². The Morgan fingerprint density at radius 3 is 1.59 bits per heavy atom. The Morgan fingerprint density at radius 1 is 0.864 bits per heavy atom. The van der Waals surface area contributed by atoms with Gasteiger partial charge in [0.15, 0.2) is 0 Å². The third kappa shape index (κ3) is 4.41. The molecule has 0 aliphatic rings. The van der Waals surface area contributed by atoms with E-state index >= 15 is 0 Å². The van der Waals surface area contributed by atoms with Gasteiger partial charge in [-0.1, -0.05) is 6.92 Å². The number of carbonyl (C=O) groups excluding carboxylic acids is 3. The van der Waals surface area contributed by atoms with E-state index in [1.165, 1.54) is 0 Å². The largest absolute Gasteiger partial charge is 0.469 e. The van der Waals surface area contributed by atoms with Gasteiger partial charge in [0.2, 0.25) is 0 Å². The lowest BCUT2D eigenvalue weighted by Crippen LogP contribution is -2.59. The highest BCUT2D eigenvalue weighted by molar-refractivity contribution is 6.07. The molecule has 0 aromatic carbocycles. The number of esters is 3. The van der Waals surface area contributed by atoms with E-state index in [0.29, 0.717) is 0 Å². The molecule has 0 spiro atoms. The Morgan fingerprint density at radius 2 is 1.32 bits per heavy atom. The van der Waals surface area contributed by atoms with E-state index in [1.807, 2.05) is 0 Å². The van der Waals surface area contributed by atoms with E-state index in [0.717, 1.165) is 21.3 Å². The van der Waals surface area contributed by atoms with Gasteiger partial charge in [0.1, 0.15) is 5.92 Å². The lowest BCUT2D eigenvalue weighted by Gasteiger charge is -2.34. The molecular weight excluding hydrogens is 296 g/mol. The van der Waals surface area contributed by atoms with Gasteiger partial charge in [-0.05, 0) is 27.2 Å². The molecule has 0 aliphatic heterocycles. The van der Waals surface area contributed by atoms with Crippen molar-refractivity contribution in [3.63, 3.8) is 0 Å². The molecule has 1 unspecified atom stereocenters. The predicted octanol–water partition coefficient (Wildman–Crippen LogP) is 1.02. The van der Waals surface area contributed by atoms with E-state index in [4.69, 9.17) is 9.78 Å². The van der Waals surface area contributed by atoms with E-state index in [1.54, 1.807) is 27.7 Å². The lowest BCUT2D eigenvalue weighted by molar-refractivity contribution is -0.396. The van der Waals surface area contributed by atoms with Gasteiger partial charge in [0, 0.05) is 0 Å². The second-order valence-corrected chi connectivity index (χ2v) is 5.48. The number of hydrogen-bond acceptors (Lipinski definition) is 8. The summed E-state index contributed by atoms with van der Waals surface area (Å²) in [6.45, 7) is 6.52. The summed E-state index contributed by atoms with van der Waals surface area (Å²) in [5, 5.41) is 0. The van der Waals surface area contributed by atoms with Crippen molar-refractivity contribution in [3.05, 3.63) is 0 Å². The minimum Gasteiger partial charge on any atom is -0.469 e. The standard InChI is InChI=1S/C14H24O8/c1-8-9(10(15)18-5)14(11(16)19-6,12(17)20-7)22-21-13(2,3)4/h9H,8H2,1-7H3. The van der Waals surface area contributed by atoms with Crippen LogP contribution in [0, 0.1) is 5.92 Å². The van der Waals surface area contributed by atoms with Crippen LogP contribution < -0.4 is 0 Å². The van der Waals surface area contributed by atoms with Crippen LogP contribution in [0.1, 0.15) is 34.1 Å². The molecule has 0 bridgehead atoms. The fraction of sp³-hybridized carbons (Fsp3) is 0.786. The first-order valence-electron chi connectivity index (χ1n) is 6.72. The molecule has 128 valence electrons. The van der Waals surface area contributed by atoms with E-state index in [2.05, 4.69) is 14.2 Å². The lowest BCUT2D eigenvalue weighted by atomic mass is 9.85. The molecule has 0 aliphatic carbocycles. The fourth-order valence-corrected chi connectivity index (χ4v) is 1.75. The van der Waals surface area contributed by atoms with E-state index in [9.17, 15) is 14.4 Å². The van der Waals surface area contributed by atoms with Crippen LogP contribution in [0.3, 0.4) is 0 Å². The highest BCUT2D eigenvalue weighted by Crippen LogP contribution is 2.31. The number of carbonyl (C=O) groups is 3. The highest BCUT2D eigenvalue weighted by Gasteiger charge is 2.61. The maximum Gasteiger partial charge on any atom is 0.354 e. The van der Waals surface area contributed by atoms with Gasteiger partial charge in [-0.3, -0.25) is 4.79 Å². The average molecular weight is 320 g/mol. The number of ether oxygens (including phenoxy) is 3. The molecule has 0 saturated heterocycles. The number of methoxy groups -OCH3 is 3. The summed E-state index contributed by atoms with van der Waals surface area (Å²) < 4.78 is 13.9. The van der Waals surface area contributed by atoms with Gasteiger partial charge in [-0.25, -0.2) is 19.4 Å². The van der Waals surface area contributed by atoms with Crippen LogP contribution in [0.4, 0.5) is 0 Å². The van der Waals surface area contributed by atoms with Crippen molar-refractivity contribution in [2.24, 2.45) is 5.92 Å². The molecule has 0 fully saturated rings. The maximum absolute atomic E-state index is 12.2. The van der Waals surface area contributed by atoms with Gasteiger partial charge in [0.05, 0.1) is 26.9 Å². The highest BCUT2D eigenvalue weighted by atomic mass is 17.2. The van der Waals surface area contributed by atoms with Gasteiger partial charge in [-0.2, -0.15) is 0 Å². The van der Waals surface area contributed by atoms with Crippen LogP contribution in [0.15, 0.2) is 0 Å². The summed E-state index contributed by atoms with van der Waals surface area (Å²) in [4.78, 5) is 46.7. The number of rotatable bonds is 7. The second-order valence-electron chi connectivity index (χ2n) is 5.48. The summed E-state index contributed by atoms with van der Waals surface area (Å²) in [6.07, 6.45) is 0.0599. The summed E-state index contributed by atoms with van der Waals surface area (Å²) in [5.74, 6) is -4.34. The van der Waals surface area contributed by atoms with Crippen molar-refractivity contribution in [1.82, 2.24) is 0 Å². The molecule has 0 radical (unpaired) electrons. The monoisotopic (exact) mass is 320 g/mol. The quantitative estimate of drug-likeness (QED) is 0.225. The Labute approximate surface area is 129 Å². The van der Waals surface area contributed by atoms with Crippen molar-refractivity contribution in [3.8, 4) is 0 Å². The van der Waals surface area contributed by atoms with Crippen molar-refractivity contribution in [2.45, 2.75) is 45.3 Å². The van der Waals surface area contributed by atoms with Gasteiger partial charge >= 0.3 is 23.5 Å². The van der Waals surface area contributed by atoms with Gasteiger partial charge in [-0.15, -0.1) is 0 Å². The molecule has 0 saturated carbocycles. The summed E-state index contributed by atoms with van der Waals surface area (Å²) in [6, 6.07) is 0. The molecule has 8 nitrogen and oxygen atoms in total. The zero-order valence-corrected chi connectivity index (χ0v) is 14.1. The number of hydrogen-bond donors (Lipinski definition) is 0. The van der Waals surface area contributed by atoms with Crippen LogP contribution in [0.5, 0.6) is 0 Å². The smallest absolute Gasteiger partial charge is 0.354 e. The maximum atomic E-state index is 12.2. The van der Waals surface area contributed by atoms with Crippen LogP contribution in [-0.4, -0.2) is 50.4 Å². The SMILES string of the molecule is CCC(C(=O)OC)C(OOC(C)(C)C)(C(=O)OC)C(=O)OC. The minimum atomic E-state index is -2.40. The average Bonchev–Trinajstić information content (AvgIpc) is 2.48. The Kier molecular flexibility index (Phi) is 7.48. The first kappa shape index (κ1) is 20.3. The molecule has 0 aromatic heterocycles. The molecule has 8 heteroatoms. The molecule has 0 aromatic rings. The first-order valence-corrected chi connectivity index (χ1v) is 6.72. The topological polar surface area (TPSA) is 97.4 Å². The minimum absolute atomic E-state index is 0.0599. The van der Waals surface area contributed by atoms with Crippen molar-refractivity contribution >= 4 is 17.9 Å². The Balaban J connectivity index is 6.00. The summed E-state index contributed by atoms with van der Waals surface area (Å²) in [7, 11) is 3.25. The van der Waals surface area contributed by atoms with Gasteiger partial charge in [0.25, 0.3) is 0 Å². The molecule has 1 atom stereocenters. The van der Waals surface area contributed by atoms with Crippen LogP contribution in [-0.2, 0) is 38.4 Å². The Bertz CT molecular complexity index is 394. The van der Waals surface area contributed by atoms with Crippen molar-refractivity contribution in [1.29, 1.82) is 0 Å². The third-order valence-electron chi connectivity index (χ3n) is 2.79. The summed E-state index contributed by atoms with van der Waals surface area (Å²) >= 11 is 0. The van der Waals surface area contributed by atoms with E-state index in [-0.39, 0.29) is 6.42 Å². The zero-order chi connectivity index (χ0) is 17.6.